The molecule has 0 spiro atoms. The standard InChI is InChI=1S/C16H19NO4/c1-19-14-6-4-13(17)8-12(14)10-21-15-5-3-11(9-18)7-16(15)20-2/h3-8,18H,9-10,17H2,1-2H3. The number of hydrogen-bond donors (Lipinski definition) is 2. The Balaban J connectivity index is 2.18. The van der Waals surface area contributed by atoms with Gasteiger partial charge < -0.3 is 25.1 Å². The van der Waals surface area contributed by atoms with Gasteiger partial charge in [0.2, 0.25) is 0 Å². The summed E-state index contributed by atoms with van der Waals surface area (Å²) in [4.78, 5) is 0. The lowest BCUT2D eigenvalue weighted by molar-refractivity contribution is 0.271. The minimum Gasteiger partial charge on any atom is -0.496 e. The quantitative estimate of drug-likeness (QED) is 0.799. The first-order valence-electron chi connectivity index (χ1n) is 6.51. The fourth-order valence-corrected chi connectivity index (χ4v) is 2.00. The summed E-state index contributed by atoms with van der Waals surface area (Å²) in [7, 11) is 3.16. The van der Waals surface area contributed by atoms with Crippen LogP contribution in [0.3, 0.4) is 0 Å². The summed E-state index contributed by atoms with van der Waals surface area (Å²) >= 11 is 0. The molecule has 0 saturated carbocycles. The van der Waals surface area contributed by atoms with Crippen molar-refractivity contribution in [2.75, 3.05) is 20.0 Å². The number of aliphatic hydroxyl groups is 1. The normalized spacial score (nSPS) is 10.2. The summed E-state index contributed by atoms with van der Waals surface area (Å²) in [5.41, 5.74) is 8.05. The van der Waals surface area contributed by atoms with Gasteiger partial charge in [-0.15, -0.1) is 0 Å². The van der Waals surface area contributed by atoms with Gasteiger partial charge in [0.05, 0.1) is 20.8 Å². The molecule has 2 aromatic carbocycles. The minimum atomic E-state index is -0.0420. The maximum absolute atomic E-state index is 9.13. The molecule has 0 aliphatic heterocycles. The van der Waals surface area contributed by atoms with Gasteiger partial charge in [-0.1, -0.05) is 6.07 Å². The van der Waals surface area contributed by atoms with Crippen molar-refractivity contribution in [1.29, 1.82) is 0 Å². The molecule has 0 aliphatic rings. The zero-order valence-corrected chi connectivity index (χ0v) is 12.1. The molecule has 0 radical (unpaired) electrons. The summed E-state index contributed by atoms with van der Waals surface area (Å²) < 4.78 is 16.3. The first-order valence-corrected chi connectivity index (χ1v) is 6.51. The summed E-state index contributed by atoms with van der Waals surface area (Å²) in [6, 6.07) is 10.7. The van der Waals surface area contributed by atoms with E-state index in [2.05, 4.69) is 0 Å². The van der Waals surface area contributed by atoms with Gasteiger partial charge in [0, 0.05) is 11.3 Å². The Morgan fingerprint density at radius 1 is 0.952 bits per heavy atom. The minimum absolute atomic E-state index is 0.0420. The van der Waals surface area contributed by atoms with Crippen LogP contribution < -0.4 is 19.9 Å². The highest BCUT2D eigenvalue weighted by Gasteiger charge is 2.09. The number of nitrogens with two attached hydrogens (primary N) is 1. The molecule has 3 N–H and O–H groups in total. The molecule has 0 atom stereocenters. The van der Waals surface area contributed by atoms with Crippen LogP contribution >= 0.6 is 0 Å². The highest BCUT2D eigenvalue weighted by atomic mass is 16.5. The molecule has 2 aromatic rings. The summed E-state index contributed by atoms with van der Waals surface area (Å²) in [6.45, 7) is 0.267. The summed E-state index contributed by atoms with van der Waals surface area (Å²) in [6.07, 6.45) is 0. The van der Waals surface area contributed by atoms with Crippen LogP contribution in [0.4, 0.5) is 5.69 Å². The first kappa shape index (κ1) is 15.0. The lowest BCUT2D eigenvalue weighted by Gasteiger charge is -2.14. The Hall–Kier alpha value is -2.40. The van der Waals surface area contributed by atoms with Crippen LogP contribution in [0.2, 0.25) is 0 Å². The second-order valence-corrected chi connectivity index (χ2v) is 4.50. The third kappa shape index (κ3) is 3.58. The Bertz CT molecular complexity index is 613. The fourth-order valence-electron chi connectivity index (χ4n) is 2.00. The predicted octanol–water partition coefficient (Wildman–Crippen LogP) is 2.36. The summed E-state index contributed by atoms with van der Waals surface area (Å²) in [5, 5.41) is 9.13. The molecule has 0 amide bonds. The van der Waals surface area contributed by atoms with Crippen molar-refractivity contribution >= 4 is 5.69 Å². The SMILES string of the molecule is COc1ccc(N)cc1COc1ccc(CO)cc1OC. The molecule has 21 heavy (non-hydrogen) atoms. The van der Waals surface area contributed by atoms with E-state index in [4.69, 9.17) is 25.1 Å². The Labute approximate surface area is 123 Å². The lowest BCUT2D eigenvalue weighted by atomic mass is 10.2. The highest BCUT2D eigenvalue weighted by molar-refractivity contribution is 5.48. The molecule has 5 nitrogen and oxygen atoms in total. The zero-order valence-electron chi connectivity index (χ0n) is 12.1. The molecule has 2 rings (SSSR count). The van der Waals surface area contributed by atoms with Crippen molar-refractivity contribution in [3.8, 4) is 17.2 Å². The molecule has 0 saturated heterocycles. The maximum atomic E-state index is 9.13. The van der Waals surface area contributed by atoms with Gasteiger partial charge in [0.25, 0.3) is 0 Å². The number of nitrogen functional groups attached to an aromatic ring is 1. The van der Waals surface area contributed by atoms with Gasteiger partial charge in [-0.3, -0.25) is 0 Å². The molecule has 0 fully saturated rings. The van der Waals surface area contributed by atoms with E-state index in [1.165, 1.54) is 0 Å². The summed E-state index contributed by atoms with van der Waals surface area (Å²) in [5.74, 6) is 1.89. The molecular formula is C16H19NO4. The van der Waals surface area contributed by atoms with E-state index in [1.54, 1.807) is 44.6 Å². The molecule has 112 valence electrons. The second kappa shape index (κ2) is 6.85. The molecular weight excluding hydrogens is 270 g/mol. The zero-order chi connectivity index (χ0) is 15.2. The Morgan fingerprint density at radius 2 is 1.67 bits per heavy atom. The predicted molar refractivity (Wildman–Crippen MR) is 80.7 cm³/mol. The van der Waals surface area contributed by atoms with E-state index in [0.717, 1.165) is 16.9 Å². The van der Waals surface area contributed by atoms with E-state index in [9.17, 15) is 0 Å². The number of methoxy groups -OCH3 is 2. The monoisotopic (exact) mass is 289 g/mol. The number of aliphatic hydroxyl groups excluding tert-OH is 1. The van der Waals surface area contributed by atoms with Crippen molar-refractivity contribution < 1.29 is 19.3 Å². The Morgan fingerprint density at radius 3 is 2.33 bits per heavy atom. The molecule has 0 bridgehead atoms. The van der Waals surface area contributed by atoms with Crippen molar-refractivity contribution in [2.45, 2.75) is 13.2 Å². The average molecular weight is 289 g/mol. The number of benzene rings is 2. The molecule has 0 heterocycles. The van der Waals surface area contributed by atoms with E-state index in [1.807, 2.05) is 6.07 Å². The van der Waals surface area contributed by atoms with Crippen LogP contribution in [0.1, 0.15) is 11.1 Å². The fraction of sp³-hybridized carbons (Fsp3) is 0.250. The average Bonchev–Trinajstić information content (AvgIpc) is 2.52. The molecule has 0 unspecified atom stereocenters. The topological polar surface area (TPSA) is 73.9 Å². The van der Waals surface area contributed by atoms with Crippen LogP contribution in [-0.4, -0.2) is 19.3 Å². The van der Waals surface area contributed by atoms with Crippen LogP contribution in [0.5, 0.6) is 17.2 Å². The number of rotatable bonds is 6. The van der Waals surface area contributed by atoms with E-state index in [-0.39, 0.29) is 6.61 Å². The third-order valence-electron chi connectivity index (χ3n) is 3.10. The van der Waals surface area contributed by atoms with Crippen molar-refractivity contribution in [2.24, 2.45) is 0 Å². The van der Waals surface area contributed by atoms with Crippen molar-refractivity contribution in [3.05, 3.63) is 47.5 Å². The van der Waals surface area contributed by atoms with Gasteiger partial charge in [-0.05, 0) is 35.9 Å². The smallest absolute Gasteiger partial charge is 0.161 e. The van der Waals surface area contributed by atoms with Gasteiger partial charge in [-0.2, -0.15) is 0 Å². The van der Waals surface area contributed by atoms with Gasteiger partial charge in [0.15, 0.2) is 11.5 Å². The van der Waals surface area contributed by atoms with Crippen molar-refractivity contribution in [3.63, 3.8) is 0 Å². The van der Waals surface area contributed by atoms with Gasteiger partial charge >= 0.3 is 0 Å². The van der Waals surface area contributed by atoms with E-state index >= 15 is 0 Å². The largest absolute Gasteiger partial charge is 0.496 e. The van der Waals surface area contributed by atoms with Gasteiger partial charge in [0.1, 0.15) is 12.4 Å². The highest BCUT2D eigenvalue weighted by Crippen LogP contribution is 2.30. The van der Waals surface area contributed by atoms with Crippen LogP contribution in [0, 0.1) is 0 Å². The van der Waals surface area contributed by atoms with Crippen LogP contribution in [0.25, 0.3) is 0 Å². The number of ether oxygens (including phenoxy) is 3. The van der Waals surface area contributed by atoms with Crippen molar-refractivity contribution in [1.82, 2.24) is 0 Å². The molecule has 0 aromatic heterocycles. The van der Waals surface area contributed by atoms with Crippen LogP contribution in [-0.2, 0) is 13.2 Å². The van der Waals surface area contributed by atoms with E-state index in [0.29, 0.717) is 23.8 Å². The van der Waals surface area contributed by atoms with E-state index < -0.39 is 0 Å². The molecule has 5 heteroatoms. The Kier molecular flexibility index (Phi) is 4.90. The lowest BCUT2D eigenvalue weighted by Crippen LogP contribution is -2.01. The number of anilines is 1. The maximum Gasteiger partial charge on any atom is 0.161 e. The second-order valence-electron chi connectivity index (χ2n) is 4.50. The van der Waals surface area contributed by atoms with Gasteiger partial charge in [-0.25, -0.2) is 0 Å². The van der Waals surface area contributed by atoms with Crippen LogP contribution in [0.15, 0.2) is 36.4 Å². The first-order chi connectivity index (χ1) is 10.2. The molecule has 0 aliphatic carbocycles. The number of hydrogen-bond acceptors (Lipinski definition) is 5. The third-order valence-corrected chi connectivity index (χ3v) is 3.10.